The molecular formula is C26H33N3O5. The van der Waals surface area contributed by atoms with Crippen LogP contribution in [0.5, 0.6) is 5.75 Å². The first-order valence-electron chi connectivity index (χ1n) is 11.9. The molecule has 8 heteroatoms. The molecule has 0 saturated carbocycles. The zero-order valence-corrected chi connectivity index (χ0v) is 20.1. The van der Waals surface area contributed by atoms with E-state index in [2.05, 4.69) is 16.9 Å². The van der Waals surface area contributed by atoms with Crippen LogP contribution in [0.25, 0.3) is 10.9 Å². The summed E-state index contributed by atoms with van der Waals surface area (Å²) < 4.78 is 6.03. The summed E-state index contributed by atoms with van der Waals surface area (Å²) in [6, 6.07) is 2.69. The second kappa shape index (κ2) is 7.58. The Balaban J connectivity index is 1.64. The van der Waals surface area contributed by atoms with E-state index in [1.165, 1.54) is 0 Å². The third kappa shape index (κ3) is 3.26. The average Bonchev–Trinajstić information content (AvgIpc) is 3.41. The lowest BCUT2D eigenvalue weighted by atomic mass is 9.84. The number of aromatic amines is 1. The molecule has 1 aromatic heterocycles. The van der Waals surface area contributed by atoms with E-state index in [1.807, 2.05) is 26.0 Å². The Hall–Kier alpha value is -2.84. The van der Waals surface area contributed by atoms with Crippen LogP contribution in [0.2, 0.25) is 0 Å². The minimum atomic E-state index is -1.14. The summed E-state index contributed by atoms with van der Waals surface area (Å²) in [5.41, 5.74) is 1.47. The third-order valence-electron chi connectivity index (χ3n) is 7.78. The van der Waals surface area contributed by atoms with Crippen LogP contribution in [0.4, 0.5) is 0 Å². The molecule has 182 valence electrons. The number of hydrogen-bond acceptors (Lipinski definition) is 5. The summed E-state index contributed by atoms with van der Waals surface area (Å²) in [6.07, 6.45) is 1.42. The topological polar surface area (TPSA) is 115 Å². The highest BCUT2D eigenvalue weighted by atomic mass is 16.5. The van der Waals surface area contributed by atoms with E-state index in [4.69, 9.17) is 4.74 Å². The number of amides is 2. The molecule has 2 aromatic rings. The van der Waals surface area contributed by atoms with Gasteiger partial charge in [0, 0.05) is 35.0 Å². The third-order valence-corrected chi connectivity index (χ3v) is 7.78. The van der Waals surface area contributed by atoms with Gasteiger partial charge in [-0.1, -0.05) is 19.9 Å². The van der Waals surface area contributed by atoms with Gasteiger partial charge in [0.1, 0.15) is 35.6 Å². The minimum absolute atomic E-state index is 0.0580. The SMILES string of the molecule is C=CC(C)(C)c1[nH]c2c3c(ccc2c1CC1NC(=O)C2CCCN2C1=O)OC(C)(C)C(O)C3O. The lowest BCUT2D eigenvalue weighted by Gasteiger charge is -2.40. The van der Waals surface area contributed by atoms with Crippen LogP contribution in [0.1, 0.15) is 63.5 Å². The quantitative estimate of drug-likeness (QED) is 0.515. The zero-order valence-electron chi connectivity index (χ0n) is 20.1. The molecular weight excluding hydrogens is 434 g/mol. The molecule has 3 aliphatic heterocycles. The predicted octanol–water partition coefficient (Wildman–Crippen LogP) is 2.23. The van der Waals surface area contributed by atoms with Crippen LogP contribution in [-0.2, 0) is 21.4 Å². The lowest BCUT2D eigenvalue weighted by Crippen LogP contribution is -2.61. The molecule has 4 unspecified atom stereocenters. The fourth-order valence-electron chi connectivity index (χ4n) is 5.63. The summed E-state index contributed by atoms with van der Waals surface area (Å²) in [4.78, 5) is 31.1. The number of H-pyrrole nitrogens is 1. The van der Waals surface area contributed by atoms with Crippen molar-refractivity contribution in [3.63, 3.8) is 0 Å². The number of carbonyl (C=O) groups excluding carboxylic acids is 2. The normalized spacial score (nSPS) is 28.4. The fraction of sp³-hybridized carbons (Fsp3) is 0.538. The Labute approximate surface area is 199 Å². The number of aromatic nitrogens is 1. The van der Waals surface area contributed by atoms with Crippen molar-refractivity contribution < 1.29 is 24.5 Å². The molecule has 4 N–H and O–H groups in total. The summed E-state index contributed by atoms with van der Waals surface area (Å²) in [5.74, 6) is 0.350. The number of aliphatic hydroxyl groups is 2. The maximum Gasteiger partial charge on any atom is 0.246 e. The van der Waals surface area contributed by atoms with Gasteiger partial charge >= 0.3 is 0 Å². The molecule has 34 heavy (non-hydrogen) atoms. The fourth-order valence-corrected chi connectivity index (χ4v) is 5.63. The van der Waals surface area contributed by atoms with Crippen molar-refractivity contribution in [1.82, 2.24) is 15.2 Å². The highest BCUT2D eigenvalue weighted by Gasteiger charge is 2.45. The van der Waals surface area contributed by atoms with Gasteiger partial charge in [0.05, 0.1) is 5.52 Å². The monoisotopic (exact) mass is 467 g/mol. The van der Waals surface area contributed by atoms with E-state index < -0.39 is 29.3 Å². The summed E-state index contributed by atoms with van der Waals surface area (Å²) in [5, 5.41) is 25.5. The summed E-state index contributed by atoms with van der Waals surface area (Å²) >= 11 is 0. The number of allylic oxidation sites excluding steroid dienone is 1. The molecule has 4 heterocycles. The van der Waals surface area contributed by atoms with Gasteiger partial charge in [-0.3, -0.25) is 9.59 Å². The number of nitrogens with zero attached hydrogens (tertiary/aromatic N) is 1. The van der Waals surface area contributed by atoms with Gasteiger partial charge in [-0.15, -0.1) is 6.58 Å². The summed E-state index contributed by atoms with van der Waals surface area (Å²) in [7, 11) is 0. The van der Waals surface area contributed by atoms with Crippen LogP contribution in [0.3, 0.4) is 0 Å². The second-order valence-electron chi connectivity index (χ2n) is 10.9. The molecule has 5 rings (SSSR count). The molecule has 0 aliphatic carbocycles. The Kier molecular flexibility index (Phi) is 5.11. The van der Waals surface area contributed by atoms with Crippen molar-refractivity contribution >= 4 is 22.7 Å². The Bertz CT molecular complexity index is 1200. The number of ether oxygens (including phenoxy) is 1. The molecule has 0 radical (unpaired) electrons. The van der Waals surface area contributed by atoms with Crippen molar-refractivity contribution in [3.05, 3.63) is 41.6 Å². The predicted molar refractivity (Wildman–Crippen MR) is 128 cm³/mol. The molecule has 3 aliphatic rings. The first kappa shape index (κ1) is 22.9. The van der Waals surface area contributed by atoms with Gasteiger partial charge in [0.25, 0.3) is 0 Å². The van der Waals surface area contributed by atoms with Crippen LogP contribution >= 0.6 is 0 Å². The molecule has 1 aromatic carbocycles. The van der Waals surface area contributed by atoms with Crippen molar-refractivity contribution in [1.29, 1.82) is 0 Å². The number of piperazine rings is 1. The molecule has 2 fully saturated rings. The largest absolute Gasteiger partial charge is 0.485 e. The number of nitrogens with one attached hydrogen (secondary N) is 2. The number of hydrogen-bond donors (Lipinski definition) is 4. The van der Waals surface area contributed by atoms with Crippen LogP contribution in [0.15, 0.2) is 24.8 Å². The molecule has 2 saturated heterocycles. The van der Waals surface area contributed by atoms with E-state index in [-0.39, 0.29) is 17.9 Å². The van der Waals surface area contributed by atoms with Gasteiger partial charge in [0.15, 0.2) is 0 Å². The Morgan fingerprint density at radius 1 is 1.29 bits per heavy atom. The smallest absolute Gasteiger partial charge is 0.246 e. The lowest BCUT2D eigenvalue weighted by molar-refractivity contribution is -0.146. The first-order chi connectivity index (χ1) is 16.0. The van der Waals surface area contributed by atoms with Crippen molar-refractivity contribution in [3.8, 4) is 5.75 Å². The van der Waals surface area contributed by atoms with E-state index in [1.54, 1.807) is 24.8 Å². The maximum atomic E-state index is 13.2. The molecule has 2 amide bonds. The average molecular weight is 468 g/mol. The van der Waals surface area contributed by atoms with Crippen LogP contribution in [0, 0.1) is 0 Å². The van der Waals surface area contributed by atoms with E-state index in [0.717, 1.165) is 23.1 Å². The van der Waals surface area contributed by atoms with E-state index in [9.17, 15) is 19.8 Å². The molecule has 8 nitrogen and oxygen atoms in total. The zero-order chi connectivity index (χ0) is 24.6. The highest BCUT2D eigenvalue weighted by molar-refractivity contribution is 5.98. The molecule has 0 spiro atoms. The highest BCUT2D eigenvalue weighted by Crippen LogP contribution is 2.45. The number of rotatable bonds is 4. The van der Waals surface area contributed by atoms with E-state index in [0.29, 0.717) is 36.2 Å². The van der Waals surface area contributed by atoms with Crippen LogP contribution in [-0.4, -0.2) is 62.2 Å². The van der Waals surface area contributed by atoms with Gasteiger partial charge in [-0.05, 0) is 44.4 Å². The van der Waals surface area contributed by atoms with E-state index >= 15 is 0 Å². The Morgan fingerprint density at radius 3 is 2.74 bits per heavy atom. The van der Waals surface area contributed by atoms with Crippen LogP contribution < -0.4 is 10.1 Å². The standard InChI is InChI=1S/C26H33N3O5/c1-6-25(2,3)21-14(12-15-24(33)29-11-7-8-16(29)23(32)27-15)13-9-10-17-18(19(13)28-21)20(30)22(31)26(4,5)34-17/h6,9-10,15-16,20,22,28,30-31H,1,7-8,11-12H2,2-5H3,(H,27,32). The summed E-state index contributed by atoms with van der Waals surface area (Å²) in [6.45, 7) is 12.1. The maximum absolute atomic E-state index is 13.2. The van der Waals surface area contributed by atoms with Gasteiger partial charge < -0.3 is 30.2 Å². The number of aliphatic hydroxyl groups excluding tert-OH is 2. The van der Waals surface area contributed by atoms with Gasteiger partial charge in [0.2, 0.25) is 11.8 Å². The van der Waals surface area contributed by atoms with Crippen molar-refractivity contribution in [2.45, 2.75) is 82.3 Å². The van der Waals surface area contributed by atoms with Gasteiger partial charge in [-0.2, -0.15) is 0 Å². The number of fused-ring (bicyclic) bond motifs is 4. The number of carbonyl (C=O) groups is 2. The minimum Gasteiger partial charge on any atom is -0.485 e. The van der Waals surface area contributed by atoms with Crippen molar-refractivity contribution in [2.24, 2.45) is 0 Å². The second-order valence-corrected chi connectivity index (χ2v) is 10.9. The number of benzene rings is 1. The molecule has 4 atom stereocenters. The van der Waals surface area contributed by atoms with Crippen molar-refractivity contribution in [2.75, 3.05) is 6.54 Å². The Morgan fingerprint density at radius 2 is 2.03 bits per heavy atom. The van der Waals surface area contributed by atoms with Gasteiger partial charge in [-0.25, -0.2) is 0 Å². The molecule has 0 bridgehead atoms. The first-order valence-corrected chi connectivity index (χ1v) is 11.9.